The van der Waals surface area contributed by atoms with E-state index in [0.717, 1.165) is 15.4 Å². The summed E-state index contributed by atoms with van der Waals surface area (Å²) in [7, 11) is 0. The van der Waals surface area contributed by atoms with Crippen molar-refractivity contribution >= 4 is 51.1 Å². The second kappa shape index (κ2) is 3.48. The van der Waals surface area contributed by atoms with Gasteiger partial charge in [0.25, 0.3) is 0 Å². The van der Waals surface area contributed by atoms with E-state index >= 15 is 0 Å². The average molecular weight is 275 g/mol. The van der Waals surface area contributed by atoms with Crippen molar-refractivity contribution in [1.29, 1.82) is 0 Å². The van der Waals surface area contributed by atoms with Crippen LogP contribution in [0.4, 0.5) is 0 Å². The van der Waals surface area contributed by atoms with E-state index in [1.54, 1.807) is 6.20 Å². The zero-order valence-corrected chi connectivity index (χ0v) is 9.70. The van der Waals surface area contributed by atoms with Gasteiger partial charge in [-0.2, -0.15) is 0 Å². The van der Waals surface area contributed by atoms with Gasteiger partial charge in [0, 0.05) is 21.0 Å². The maximum absolute atomic E-state index is 6.06. The number of thiol groups is 1. The number of hydrogen-bond donors (Lipinski definition) is 1. The molecule has 0 amide bonds. The Bertz CT molecular complexity index is 467. The number of pyridine rings is 1. The van der Waals surface area contributed by atoms with Gasteiger partial charge in [-0.05, 0) is 18.2 Å². The van der Waals surface area contributed by atoms with Crippen molar-refractivity contribution < 1.29 is 0 Å². The van der Waals surface area contributed by atoms with Crippen LogP contribution >= 0.6 is 40.2 Å². The summed E-state index contributed by atoms with van der Waals surface area (Å²) in [6.07, 6.45) is 1.65. The van der Waals surface area contributed by atoms with Gasteiger partial charge in [0.2, 0.25) is 0 Å². The highest BCUT2D eigenvalue weighted by molar-refractivity contribution is 9.10. The van der Waals surface area contributed by atoms with E-state index in [1.807, 2.05) is 18.2 Å². The number of aromatic nitrogens is 1. The highest BCUT2D eigenvalue weighted by Crippen LogP contribution is 2.29. The molecule has 0 N–H and O–H groups in total. The van der Waals surface area contributed by atoms with Gasteiger partial charge in [-0.15, -0.1) is 12.6 Å². The average Bonchev–Trinajstić information content (AvgIpc) is 2.12. The largest absolute Gasteiger partial charge is 0.255 e. The summed E-state index contributed by atoms with van der Waals surface area (Å²) in [6.45, 7) is 0. The van der Waals surface area contributed by atoms with E-state index in [0.29, 0.717) is 9.92 Å². The first-order chi connectivity index (χ1) is 6.18. The molecule has 1 aromatic carbocycles. The Kier molecular flexibility index (Phi) is 2.49. The molecule has 0 atom stereocenters. The highest BCUT2D eigenvalue weighted by atomic mass is 79.9. The third kappa shape index (κ3) is 1.68. The quantitative estimate of drug-likeness (QED) is 0.718. The Morgan fingerprint density at radius 1 is 1.38 bits per heavy atom. The molecule has 0 unspecified atom stereocenters. The minimum atomic E-state index is 0.648. The van der Waals surface area contributed by atoms with Gasteiger partial charge in [-0.1, -0.05) is 27.5 Å². The third-order valence-electron chi connectivity index (χ3n) is 1.75. The number of hydrogen-bond acceptors (Lipinski definition) is 2. The SMILES string of the molecule is Sc1cnc2ccc(Br)cc2c1Cl. The van der Waals surface area contributed by atoms with Crippen LogP contribution in [0.25, 0.3) is 10.9 Å². The van der Waals surface area contributed by atoms with E-state index in [1.165, 1.54) is 0 Å². The van der Waals surface area contributed by atoms with Crippen LogP contribution in [-0.4, -0.2) is 4.98 Å². The summed E-state index contributed by atoms with van der Waals surface area (Å²) >= 11 is 13.6. The van der Waals surface area contributed by atoms with Crippen LogP contribution in [0.2, 0.25) is 5.02 Å². The van der Waals surface area contributed by atoms with Crippen LogP contribution < -0.4 is 0 Å². The first-order valence-electron chi connectivity index (χ1n) is 3.61. The Balaban J connectivity index is 2.89. The topological polar surface area (TPSA) is 12.9 Å². The fourth-order valence-electron chi connectivity index (χ4n) is 1.12. The Labute approximate surface area is 94.7 Å². The molecule has 0 spiro atoms. The van der Waals surface area contributed by atoms with E-state index in [-0.39, 0.29) is 0 Å². The van der Waals surface area contributed by atoms with Crippen LogP contribution in [0.1, 0.15) is 0 Å². The fraction of sp³-hybridized carbons (Fsp3) is 0. The second-order valence-electron chi connectivity index (χ2n) is 2.62. The lowest BCUT2D eigenvalue weighted by Crippen LogP contribution is -1.81. The Hall–Kier alpha value is -0.250. The molecule has 0 fully saturated rings. The maximum atomic E-state index is 6.06. The summed E-state index contributed by atoms with van der Waals surface area (Å²) in [5.41, 5.74) is 0.881. The first-order valence-corrected chi connectivity index (χ1v) is 5.23. The molecule has 0 saturated carbocycles. The highest BCUT2D eigenvalue weighted by Gasteiger charge is 2.03. The van der Waals surface area contributed by atoms with Gasteiger partial charge in [0.1, 0.15) is 0 Å². The van der Waals surface area contributed by atoms with Crippen LogP contribution in [0.15, 0.2) is 33.8 Å². The second-order valence-corrected chi connectivity index (χ2v) is 4.39. The van der Waals surface area contributed by atoms with E-state index in [2.05, 4.69) is 33.5 Å². The number of fused-ring (bicyclic) bond motifs is 1. The van der Waals surface area contributed by atoms with Crippen molar-refractivity contribution in [3.8, 4) is 0 Å². The monoisotopic (exact) mass is 273 g/mol. The molecule has 2 rings (SSSR count). The lowest BCUT2D eigenvalue weighted by molar-refractivity contribution is 1.31. The molecule has 0 aliphatic heterocycles. The van der Waals surface area contributed by atoms with Crippen molar-refractivity contribution in [3.63, 3.8) is 0 Å². The molecular weight excluding hydrogens is 270 g/mol. The van der Waals surface area contributed by atoms with Gasteiger partial charge in [0.15, 0.2) is 0 Å². The van der Waals surface area contributed by atoms with E-state index < -0.39 is 0 Å². The molecular formula is C9H5BrClNS. The molecule has 66 valence electrons. The van der Waals surface area contributed by atoms with Crippen molar-refractivity contribution in [1.82, 2.24) is 4.98 Å². The standard InChI is InChI=1S/C9H5BrClNS/c10-5-1-2-7-6(3-5)9(11)8(13)4-12-7/h1-4,13H. The van der Waals surface area contributed by atoms with Gasteiger partial charge < -0.3 is 0 Å². The van der Waals surface area contributed by atoms with E-state index in [4.69, 9.17) is 11.6 Å². The van der Waals surface area contributed by atoms with Gasteiger partial charge >= 0.3 is 0 Å². The fourth-order valence-corrected chi connectivity index (χ4v) is 1.86. The lowest BCUT2D eigenvalue weighted by atomic mass is 10.2. The van der Waals surface area contributed by atoms with Crippen LogP contribution in [0, 0.1) is 0 Å². The maximum Gasteiger partial charge on any atom is 0.0718 e. The first kappa shape index (κ1) is 9.31. The summed E-state index contributed by atoms with van der Waals surface area (Å²) in [5.74, 6) is 0. The molecule has 1 aromatic heterocycles. The van der Waals surface area contributed by atoms with Crippen LogP contribution in [0.3, 0.4) is 0 Å². The number of nitrogens with zero attached hydrogens (tertiary/aromatic N) is 1. The number of benzene rings is 1. The molecule has 4 heteroatoms. The molecule has 0 aliphatic rings. The van der Waals surface area contributed by atoms with Crippen molar-refractivity contribution in [2.45, 2.75) is 4.90 Å². The third-order valence-corrected chi connectivity index (χ3v) is 3.12. The molecule has 0 radical (unpaired) electrons. The van der Waals surface area contributed by atoms with Crippen LogP contribution in [-0.2, 0) is 0 Å². The number of halogens is 2. The molecule has 13 heavy (non-hydrogen) atoms. The zero-order valence-electron chi connectivity index (χ0n) is 6.46. The van der Waals surface area contributed by atoms with Gasteiger partial charge in [0.05, 0.1) is 10.5 Å². The van der Waals surface area contributed by atoms with Crippen LogP contribution in [0.5, 0.6) is 0 Å². The predicted molar refractivity (Wildman–Crippen MR) is 61.7 cm³/mol. The molecule has 0 saturated heterocycles. The summed E-state index contributed by atoms with van der Waals surface area (Å²) in [5, 5.41) is 1.57. The molecule has 0 aliphatic carbocycles. The summed E-state index contributed by atoms with van der Waals surface area (Å²) in [4.78, 5) is 4.90. The summed E-state index contributed by atoms with van der Waals surface area (Å²) in [6, 6.07) is 5.78. The minimum absolute atomic E-state index is 0.648. The smallest absolute Gasteiger partial charge is 0.0718 e. The van der Waals surface area contributed by atoms with Gasteiger partial charge in [-0.25, -0.2) is 0 Å². The Morgan fingerprint density at radius 2 is 2.15 bits per heavy atom. The lowest BCUT2D eigenvalue weighted by Gasteiger charge is -2.02. The molecule has 0 bridgehead atoms. The number of rotatable bonds is 0. The van der Waals surface area contributed by atoms with Crippen molar-refractivity contribution in [2.75, 3.05) is 0 Å². The molecule has 2 aromatic rings. The molecule has 1 nitrogen and oxygen atoms in total. The van der Waals surface area contributed by atoms with Gasteiger partial charge in [-0.3, -0.25) is 4.98 Å². The normalized spacial score (nSPS) is 10.7. The predicted octanol–water partition coefficient (Wildman–Crippen LogP) is 3.94. The minimum Gasteiger partial charge on any atom is -0.255 e. The Morgan fingerprint density at radius 3 is 2.92 bits per heavy atom. The van der Waals surface area contributed by atoms with Crippen molar-refractivity contribution in [3.05, 3.63) is 33.9 Å². The molecule has 1 heterocycles. The summed E-state index contributed by atoms with van der Waals surface area (Å²) < 4.78 is 0.989. The van der Waals surface area contributed by atoms with E-state index in [9.17, 15) is 0 Å². The zero-order chi connectivity index (χ0) is 9.42. The van der Waals surface area contributed by atoms with Crippen molar-refractivity contribution in [2.24, 2.45) is 0 Å².